The summed E-state index contributed by atoms with van der Waals surface area (Å²) >= 11 is 0. The molecule has 2 nitrogen and oxygen atoms in total. The van der Waals surface area contributed by atoms with Crippen LogP contribution in [0.5, 0.6) is 0 Å². The van der Waals surface area contributed by atoms with E-state index >= 15 is 0 Å². The maximum absolute atomic E-state index is 12.8. The zero-order valence-corrected chi connectivity index (χ0v) is 15.1. The molecule has 3 rings (SSSR count). The summed E-state index contributed by atoms with van der Waals surface area (Å²) in [4.78, 5) is 12.8. The Kier molecular flexibility index (Phi) is 4.06. The summed E-state index contributed by atoms with van der Waals surface area (Å²) in [5, 5.41) is 0. The second-order valence-corrected chi connectivity index (χ2v) is 8.67. The zero-order chi connectivity index (χ0) is 16.7. The standard InChI is InChI=1S/C21H30O2/c1-19(2,3)18(22)23-20(4)17-11-7-6-10-16(17)12-15-21(20)13-8-5-9-14-21/h6-7,10-11H,5,8-9,12-15H2,1-4H3. The van der Waals surface area contributed by atoms with Crippen molar-refractivity contribution in [2.45, 2.75) is 78.2 Å². The van der Waals surface area contributed by atoms with Gasteiger partial charge in [-0.25, -0.2) is 0 Å². The van der Waals surface area contributed by atoms with Crippen LogP contribution in [0.15, 0.2) is 24.3 Å². The summed E-state index contributed by atoms with van der Waals surface area (Å²) in [6.07, 6.45) is 8.42. The largest absolute Gasteiger partial charge is 0.453 e. The number of rotatable bonds is 1. The molecule has 1 spiro atoms. The number of aryl methyl sites for hydroxylation is 1. The van der Waals surface area contributed by atoms with Gasteiger partial charge in [0.05, 0.1) is 5.41 Å². The minimum atomic E-state index is -0.493. The topological polar surface area (TPSA) is 26.3 Å². The minimum absolute atomic E-state index is 0.0818. The van der Waals surface area contributed by atoms with Crippen LogP contribution in [0.4, 0.5) is 0 Å². The Hall–Kier alpha value is -1.31. The number of hydrogen-bond donors (Lipinski definition) is 0. The molecule has 0 N–H and O–H groups in total. The van der Waals surface area contributed by atoms with Crippen LogP contribution in [0, 0.1) is 10.8 Å². The molecule has 1 unspecified atom stereocenters. The molecule has 0 aromatic heterocycles. The van der Waals surface area contributed by atoms with Crippen molar-refractivity contribution in [3.8, 4) is 0 Å². The highest BCUT2D eigenvalue weighted by Gasteiger charge is 2.55. The highest BCUT2D eigenvalue weighted by molar-refractivity contribution is 5.76. The molecule has 0 heterocycles. The van der Waals surface area contributed by atoms with E-state index in [9.17, 15) is 4.79 Å². The van der Waals surface area contributed by atoms with Gasteiger partial charge in [-0.05, 0) is 64.5 Å². The lowest BCUT2D eigenvalue weighted by Crippen LogP contribution is -2.52. The van der Waals surface area contributed by atoms with E-state index in [-0.39, 0.29) is 11.4 Å². The third-order valence-electron chi connectivity index (χ3n) is 6.14. The summed E-state index contributed by atoms with van der Waals surface area (Å²) in [6.45, 7) is 8.02. The first kappa shape index (κ1) is 16.5. The highest BCUT2D eigenvalue weighted by atomic mass is 16.6. The van der Waals surface area contributed by atoms with Crippen LogP contribution < -0.4 is 0 Å². The molecule has 2 heteroatoms. The highest BCUT2D eigenvalue weighted by Crippen LogP contribution is 2.58. The van der Waals surface area contributed by atoms with Crippen LogP contribution in [0.3, 0.4) is 0 Å². The van der Waals surface area contributed by atoms with Crippen LogP contribution in [-0.4, -0.2) is 5.97 Å². The van der Waals surface area contributed by atoms with Gasteiger partial charge in [0.1, 0.15) is 5.60 Å². The summed E-state index contributed by atoms with van der Waals surface area (Å²) in [6, 6.07) is 8.57. The summed E-state index contributed by atoms with van der Waals surface area (Å²) in [5.74, 6) is -0.0818. The Morgan fingerprint density at radius 1 is 1.04 bits per heavy atom. The van der Waals surface area contributed by atoms with Gasteiger partial charge in [0.15, 0.2) is 0 Å². The third kappa shape index (κ3) is 2.70. The van der Waals surface area contributed by atoms with Crippen molar-refractivity contribution < 1.29 is 9.53 Å². The molecule has 0 amide bonds. The second-order valence-electron chi connectivity index (χ2n) is 8.67. The zero-order valence-electron chi connectivity index (χ0n) is 15.1. The van der Waals surface area contributed by atoms with Gasteiger partial charge in [-0.3, -0.25) is 4.79 Å². The van der Waals surface area contributed by atoms with Crippen LogP contribution in [0.2, 0.25) is 0 Å². The summed E-state index contributed by atoms with van der Waals surface area (Å²) < 4.78 is 6.32. The molecule has 0 aliphatic heterocycles. The van der Waals surface area contributed by atoms with Gasteiger partial charge >= 0.3 is 5.97 Å². The van der Waals surface area contributed by atoms with Crippen LogP contribution in [-0.2, 0) is 21.6 Å². The van der Waals surface area contributed by atoms with Crippen molar-refractivity contribution in [3.05, 3.63) is 35.4 Å². The van der Waals surface area contributed by atoms with Gasteiger partial charge in [0.25, 0.3) is 0 Å². The molecule has 1 aromatic rings. The molecule has 0 bridgehead atoms. The van der Waals surface area contributed by atoms with Crippen molar-refractivity contribution >= 4 is 5.97 Å². The Morgan fingerprint density at radius 2 is 1.70 bits per heavy atom. The first-order valence-electron chi connectivity index (χ1n) is 9.10. The molecule has 0 saturated heterocycles. The number of esters is 1. The third-order valence-corrected chi connectivity index (χ3v) is 6.14. The van der Waals surface area contributed by atoms with E-state index in [1.54, 1.807) is 0 Å². The van der Waals surface area contributed by atoms with Crippen molar-refractivity contribution in [3.63, 3.8) is 0 Å². The number of carbonyl (C=O) groups excluding carboxylic acids is 1. The van der Waals surface area contributed by atoms with E-state index in [1.165, 1.54) is 43.2 Å². The molecule has 1 saturated carbocycles. The van der Waals surface area contributed by atoms with Crippen molar-refractivity contribution in [2.24, 2.45) is 10.8 Å². The summed E-state index contributed by atoms with van der Waals surface area (Å²) in [5.41, 5.74) is 1.75. The lowest BCUT2D eigenvalue weighted by atomic mass is 9.55. The number of hydrogen-bond acceptors (Lipinski definition) is 2. The first-order valence-corrected chi connectivity index (χ1v) is 9.10. The fourth-order valence-electron chi connectivity index (χ4n) is 4.56. The van der Waals surface area contributed by atoms with Gasteiger partial charge in [-0.15, -0.1) is 0 Å². The van der Waals surface area contributed by atoms with E-state index in [0.717, 1.165) is 12.8 Å². The van der Waals surface area contributed by atoms with Crippen molar-refractivity contribution in [1.82, 2.24) is 0 Å². The lowest BCUT2D eigenvalue weighted by Gasteiger charge is -2.54. The van der Waals surface area contributed by atoms with E-state index in [2.05, 4.69) is 31.2 Å². The maximum atomic E-state index is 12.8. The molecule has 1 fully saturated rings. The first-order chi connectivity index (χ1) is 10.8. The molecule has 1 atom stereocenters. The Morgan fingerprint density at radius 3 is 2.35 bits per heavy atom. The molecule has 1 aromatic carbocycles. The van der Waals surface area contributed by atoms with Gasteiger partial charge in [0.2, 0.25) is 0 Å². The number of fused-ring (bicyclic) bond motifs is 1. The SMILES string of the molecule is CC(C)(C)C(=O)OC1(C)c2ccccc2CCC12CCCCC2. The number of carbonyl (C=O) groups is 1. The molecule has 23 heavy (non-hydrogen) atoms. The van der Waals surface area contributed by atoms with Crippen LogP contribution in [0.1, 0.15) is 77.3 Å². The normalized spacial score (nSPS) is 26.6. The average molecular weight is 314 g/mol. The van der Waals surface area contributed by atoms with E-state index in [1.807, 2.05) is 20.8 Å². The Bertz CT molecular complexity index is 590. The van der Waals surface area contributed by atoms with Crippen molar-refractivity contribution in [2.75, 3.05) is 0 Å². The average Bonchev–Trinajstić information content (AvgIpc) is 2.52. The molecule has 2 aliphatic rings. The minimum Gasteiger partial charge on any atom is -0.453 e. The molecule has 2 aliphatic carbocycles. The second kappa shape index (κ2) is 5.65. The number of ether oxygens (including phenoxy) is 1. The van der Waals surface area contributed by atoms with E-state index in [4.69, 9.17) is 4.74 Å². The van der Waals surface area contributed by atoms with E-state index in [0.29, 0.717) is 0 Å². The predicted octanol–water partition coefficient (Wildman–Crippen LogP) is 5.39. The van der Waals surface area contributed by atoms with Crippen molar-refractivity contribution in [1.29, 1.82) is 0 Å². The summed E-state index contributed by atoms with van der Waals surface area (Å²) in [7, 11) is 0. The van der Waals surface area contributed by atoms with Gasteiger partial charge in [0, 0.05) is 5.41 Å². The van der Waals surface area contributed by atoms with Crippen LogP contribution in [0.25, 0.3) is 0 Å². The molecular weight excluding hydrogens is 284 g/mol. The Balaban J connectivity index is 2.07. The predicted molar refractivity (Wildman–Crippen MR) is 93.2 cm³/mol. The fourth-order valence-corrected chi connectivity index (χ4v) is 4.56. The Labute approximate surface area is 140 Å². The van der Waals surface area contributed by atoms with E-state index < -0.39 is 11.0 Å². The maximum Gasteiger partial charge on any atom is 0.312 e. The smallest absolute Gasteiger partial charge is 0.312 e. The molecule has 126 valence electrons. The number of benzene rings is 1. The van der Waals surface area contributed by atoms with Crippen LogP contribution >= 0.6 is 0 Å². The fraction of sp³-hybridized carbons (Fsp3) is 0.667. The van der Waals surface area contributed by atoms with Gasteiger partial charge < -0.3 is 4.74 Å². The monoisotopic (exact) mass is 314 g/mol. The van der Waals surface area contributed by atoms with Gasteiger partial charge in [-0.1, -0.05) is 43.5 Å². The quantitative estimate of drug-likeness (QED) is 0.650. The molecular formula is C21H30O2. The lowest BCUT2D eigenvalue weighted by molar-refractivity contribution is -0.194. The van der Waals surface area contributed by atoms with Gasteiger partial charge in [-0.2, -0.15) is 0 Å². The molecule has 0 radical (unpaired) electrons.